The quantitative estimate of drug-likeness (QED) is 0.591. The van der Waals surface area contributed by atoms with Crippen molar-refractivity contribution in [2.24, 2.45) is 7.05 Å². The van der Waals surface area contributed by atoms with Gasteiger partial charge in [0.2, 0.25) is 15.9 Å². The molecule has 0 spiro atoms. The number of amides is 1. The summed E-state index contributed by atoms with van der Waals surface area (Å²) in [6, 6.07) is 13.1. The number of benzene rings is 2. The minimum absolute atomic E-state index is 0.0268. The van der Waals surface area contributed by atoms with Crippen molar-refractivity contribution < 1.29 is 17.6 Å². The van der Waals surface area contributed by atoms with E-state index in [1.807, 2.05) is 37.4 Å². The molecule has 1 amide bonds. The van der Waals surface area contributed by atoms with Crippen LogP contribution in [0, 0.1) is 12.7 Å². The molecule has 3 aromatic rings. The molecule has 0 bridgehead atoms. The molecule has 1 aliphatic rings. The van der Waals surface area contributed by atoms with E-state index in [1.165, 1.54) is 23.4 Å². The van der Waals surface area contributed by atoms with Crippen LogP contribution in [0.3, 0.4) is 0 Å². The monoisotopic (exact) mass is 456 g/mol. The molecular formula is C23H25FN4O3S. The predicted molar refractivity (Wildman–Crippen MR) is 119 cm³/mol. The van der Waals surface area contributed by atoms with Crippen molar-refractivity contribution in [1.82, 2.24) is 14.1 Å². The van der Waals surface area contributed by atoms with Crippen molar-refractivity contribution in [2.75, 3.05) is 11.4 Å². The van der Waals surface area contributed by atoms with Gasteiger partial charge in [0.05, 0.1) is 17.1 Å². The molecule has 1 aliphatic heterocycles. The summed E-state index contributed by atoms with van der Waals surface area (Å²) in [6.07, 6.45) is 0.484. The molecule has 7 nitrogen and oxygen atoms in total. The highest BCUT2D eigenvalue weighted by molar-refractivity contribution is 7.89. The number of para-hydroxylation sites is 1. The van der Waals surface area contributed by atoms with E-state index in [4.69, 9.17) is 0 Å². The second-order valence-corrected chi connectivity index (χ2v) is 9.84. The molecule has 9 heteroatoms. The van der Waals surface area contributed by atoms with E-state index < -0.39 is 15.8 Å². The highest BCUT2D eigenvalue weighted by Crippen LogP contribution is 2.30. The molecule has 2 heterocycles. The van der Waals surface area contributed by atoms with Crippen LogP contribution in [-0.2, 0) is 41.4 Å². The second-order valence-electron chi connectivity index (χ2n) is 7.93. The molecule has 0 atom stereocenters. The van der Waals surface area contributed by atoms with E-state index in [-0.39, 0.29) is 30.4 Å². The summed E-state index contributed by atoms with van der Waals surface area (Å²) in [4.78, 5) is 13.9. The molecule has 4 rings (SSSR count). The Morgan fingerprint density at radius 1 is 1.19 bits per heavy atom. The molecule has 0 radical (unpaired) electrons. The summed E-state index contributed by atoms with van der Waals surface area (Å²) in [5, 5.41) is 4.60. The van der Waals surface area contributed by atoms with Gasteiger partial charge in [0, 0.05) is 50.4 Å². The standard InChI is InChI=1S/C23H25FN4O3S/c1-16-9-10-18(24)13-23(16)32(30,31)27-12-11-22-20(14-27)21(25-26(22)3)15-28(17(2)29)19-7-5-4-6-8-19/h4-10,13H,11-12,14-15H2,1-3H3. The number of anilines is 1. The van der Waals surface area contributed by atoms with E-state index in [1.54, 1.807) is 16.5 Å². The molecule has 0 aliphatic carbocycles. The number of hydrogen-bond acceptors (Lipinski definition) is 4. The fourth-order valence-corrected chi connectivity index (χ4v) is 5.76. The number of sulfonamides is 1. The van der Waals surface area contributed by atoms with E-state index in [2.05, 4.69) is 5.10 Å². The summed E-state index contributed by atoms with van der Waals surface area (Å²) in [6.45, 7) is 3.78. The number of nitrogens with zero attached hydrogens (tertiary/aromatic N) is 4. The fourth-order valence-electron chi connectivity index (χ4n) is 4.11. The van der Waals surface area contributed by atoms with Crippen molar-refractivity contribution in [3.05, 3.63) is 76.9 Å². The average molecular weight is 457 g/mol. The number of hydrogen-bond donors (Lipinski definition) is 0. The maximum Gasteiger partial charge on any atom is 0.243 e. The first-order valence-electron chi connectivity index (χ1n) is 10.3. The molecule has 0 saturated carbocycles. The number of halogens is 1. The van der Waals surface area contributed by atoms with Crippen LogP contribution in [0.1, 0.15) is 29.4 Å². The Kier molecular flexibility index (Phi) is 5.87. The highest BCUT2D eigenvalue weighted by Gasteiger charge is 2.33. The Morgan fingerprint density at radius 3 is 2.59 bits per heavy atom. The molecule has 0 saturated heterocycles. The van der Waals surface area contributed by atoms with Crippen molar-refractivity contribution >= 4 is 21.6 Å². The van der Waals surface area contributed by atoms with Gasteiger partial charge in [-0.3, -0.25) is 9.48 Å². The summed E-state index contributed by atoms with van der Waals surface area (Å²) >= 11 is 0. The predicted octanol–water partition coefficient (Wildman–Crippen LogP) is 3.17. The summed E-state index contributed by atoms with van der Waals surface area (Å²) < 4.78 is 43.5. The number of carbonyl (C=O) groups is 1. The van der Waals surface area contributed by atoms with Gasteiger partial charge < -0.3 is 4.90 Å². The maximum atomic E-state index is 13.8. The summed E-state index contributed by atoms with van der Waals surface area (Å²) in [7, 11) is -2.06. The number of rotatable bonds is 5. The molecule has 1 aromatic heterocycles. The van der Waals surface area contributed by atoms with Crippen LogP contribution in [0.4, 0.5) is 10.1 Å². The van der Waals surface area contributed by atoms with Gasteiger partial charge in [0.1, 0.15) is 5.82 Å². The first kappa shape index (κ1) is 22.2. The molecule has 0 fully saturated rings. The van der Waals surface area contributed by atoms with Gasteiger partial charge in [-0.2, -0.15) is 9.40 Å². The third-order valence-electron chi connectivity index (χ3n) is 5.81. The zero-order valence-electron chi connectivity index (χ0n) is 18.2. The van der Waals surface area contributed by atoms with Gasteiger partial charge in [-0.25, -0.2) is 12.8 Å². The third kappa shape index (κ3) is 4.05. The smallest absolute Gasteiger partial charge is 0.243 e. The topological polar surface area (TPSA) is 75.5 Å². The van der Waals surface area contributed by atoms with Gasteiger partial charge in [-0.1, -0.05) is 24.3 Å². The average Bonchev–Trinajstić information content (AvgIpc) is 3.09. The highest BCUT2D eigenvalue weighted by atomic mass is 32.2. The lowest BCUT2D eigenvalue weighted by atomic mass is 10.1. The normalized spacial score (nSPS) is 14.2. The molecular weight excluding hydrogens is 431 g/mol. The van der Waals surface area contributed by atoms with Crippen LogP contribution in [0.2, 0.25) is 0 Å². The minimum atomic E-state index is -3.89. The lowest BCUT2D eigenvalue weighted by molar-refractivity contribution is -0.116. The van der Waals surface area contributed by atoms with Gasteiger partial charge in [0.25, 0.3) is 0 Å². The van der Waals surface area contributed by atoms with Crippen molar-refractivity contribution in [3.8, 4) is 0 Å². The Hall–Kier alpha value is -3.04. The Balaban J connectivity index is 1.68. The minimum Gasteiger partial charge on any atom is -0.307 e. The zero-order chi connectivity index (χ0) is 23.0. The van der Waals surface area contributed by atoms with Crippen LogP contribution in [0.5, 0.6) is 0 Å². The van der Waals surface area contributed by atoms with E-state index >= 15 is 0 Å². The van der Waals surface area contributed by atoms with Gasteiger partial charge >= 0.3 is 0 Å². The lowest BCUT2D eigenvalue weighted by Crippen LogP contribution is -2.37. The SMILES string of the molecule is CC(=O)N(Cc1nn(C)c2c1CN(S(=O)(=O)c1cc(F)ccc1C)CC2)c1ccccc1. The Labute approximate surface area is 187 Å². The van der Waals surface area contributed by atoms with Crippen LogP contribution in [0.15, 0.2) is 53.4 Å². The van der Waals surface area contributed by atoms with Crippen molar-refractivity contribution in [2.45, 2.75) is 38.3 Å². The van der Waals surface area contributed by atoms with Gasteiger partial charge in [-0.05, 0) is 36.8 Å². The lowest BCUT2D eigenvalue weighted by Gasteiger charge is -2.28. The second kappa shape index (κ2) is 8.48. The number of carbonyl (C=O) groups excluding carboxylic acids is 1. The van der Waals surface area contributed by atoms with Crippen molar-refractivity contribution in [3.63, 3.8) is 0 Å². The summed E-state index contributed by atoms with van der Waals surface area (Å²) in [5.74, 6) is -0.722. The van der Waals surface area contributed by atoms with Crippen LogP contribution < -0.4 is 4.90 Å². The van der Waals surface area contributed by atoms with Gasteiger partial charge in [-0.15, -0.1) is 0 Å². The largest absolute Gasteiger partial charge is 0.307 e. The van der Waals surface area contributed by atoms with Crippen LogP contribution in [-0.4, -0.2) is 35.0 Å². The van der Waals surface area contributed by atoms with Crippen LogP contribution >= 0.6 is 0 Å². The number of aromatic nitrogens is 2. The zero-order valence-corrected chi connectivity index (χ0v) is 19.1. The number of fused-ring (bicyclic) bond motifs is 1. The maximum absolute atomic E-state index is 13.8. The summed E-state index contributed by atoms with van der Waals surface area (Å²) in [5.41, 5.74) is 3.63. The van der Waals surface area contributed by atoms with E-state index in [0.29, 0.717) is 17.7 Å². The Morgan fingerprint density at radius 2 is 1.91 bits per heavy atom. The molecule has 2 aromatic carbocycles. The molecule has 168 valence electrons. The van der Waals surface area contributed by atoms with Gasteiger partial charge in [0.15, 0.2) is 0 Å². The van der Waals surface area contributed by atoms with Crippen molar-refractivity contribution in [1.29, 1.82) is 0 Å². The van der Waals surface area contributed by atoms with E-state index in [0.717, 1.165) is 23.0 Å². The Bertz CT molecular complexity index is 1270. The third-order valence-corrected chi connectivity index (χ3v) is 7.80. The molecule has 32 heavy (non-hydrogen) atoms. The first-order chi connectivity index (χ1) is 15.2. The van der Waals surface area contributed by atoms with E-state index in [9.17, 15) is 17.6 Å². The number of aryl methyl sites for hydroxylation is 2. The molecule has 0 unspecified atom stereocenters. The molecule has 0 N–H and O–H groups in total. The van der Waals surface area contributed by atoms with Crippen LogP contribution in [0.25, 0.3) is 0 Å². The fraction of sp³-hybridized carbons (Fsp3) is 0.304. The first-order valence-corrected chi connectivity index (χ1v) is 11.8.